The number of rotatable bonds is 7. The molecular weight excluding hydrogens is 518 g/mol. The van der Waals surface area contributed by atoms with Crippen LogP contribution in [-0.4, -0.2) is 77.6 Å². The second kappa shape index (κ2) is 11.1. The Balaban J connectivity index is 1.39. The molecule has 39 heavy (non-hydrogen) atoms. The van der Waals surface area contributed by atoms with Crippen molar-refractivity contribution in [1.82, 2.24) is 19.4 Å². The average Bonchev–Trinajstić information content (AvgIpc) is 3.37. The highest BCUT2D eigenvalue weighted by Crippen LogP contribution is 2.37. The van der Waals surface area contributed by atoms with Crippen LogP contribution >= 0.6 is 11.6 Å². The lowest BCUT2D eigenvalue weighted by Crippen LogP contribution is -2.39. The summed E-state index contributed by atoms with van der Waals surface area (Å²) in [6.45, 7) is 2.63. The van der Waals surface area contributed by atoms with Crippen LogP contribution in [0, 0.1) is 0 Å². The number of methoxy groups -OCH3 is 1. The summed E-state index contributed by atoms with van der Waals surface area (Å²) in [6.07, 6.45) is 4.25. The van der Waals surface area contributed by atoms with Crippen LogP contribution in [0.5, 0.6) is 5.75 Å². The number of hydrogen-bond acceptors (Lipinski definition) is 8. The molecule has 5 rings (SSSR count). The molecule has 202 valence electrons. The minimum atomic E-state index is -0.479. The maximum Gasteiger partial charge on any atom is 0.356 e. The number of aromatic nitrogens is 2. The molecule has 3 aromatic rings. The first kappa shape index (κ1) is 26.7. The standard InChI is InChI=1S/C29H30ClN5O4/c1-18-32-24-7-6-20(33(2)3)16-23(24)27(17-36)34(18)13-14-39-28-10-5-19(30)15-22(28)21-11-12-31-35-25(21)8-9-26(35)29(37)38-4/h5,8-12,15,20H,6-7,13-14,16H2,1-4H3. The molecule has 1 aromatic carbocycles. The lowest BCUT2D eigenvalue weighted by molar-refractivity contribution is 0.0591. The van der Waals surface area contributed by atoms with E-state index in [-0.39, 0.29) is 0 Å². The fraction of sp³-hybridized carbons (Fsp3) is 0.345. The Labute approximate surface area is 232 Å². The average molecular weight is 548 g/mol. The molecular formula is C29H30ClN5O4. The Morgan fingerprint density at radius 1 is 1.21 bits per heavy atom. The number of allylic oxidation sites excluding steroid dienone is 2. The number of ether oxygens (including phenoxy) is 2. The van der Waals surface area contributed by atoms with E-state index in [0.717, 1.165) is 47.5 Å². The summed E-state index contributed by atoms with van der Waals surface area (Å²) in [6, 6.07) is 11.1. The van der Waals surface area contributed by atoms with Gasteiger partial charge in [0, 0.05) is 39.7 Å². The minimum absolute atomic E-state index is 0.294. The summed E-state index contributed by atoms with van der Waals surface area (Å²) >= 11 is 6.38. The van der Waals surface area contributed by atoms with Crippen molar-refractivity contribution in [1.29, 1.82) is 0 Å². The Morgan fingerprint density at radius 3 is 2.77 bits per heavy atom. The third kappa shape index (κ3) is 5.08. The Bertz CT molecular complexity index is 1550. The first-order chi connectivity index (χ1) is 18.8. The summed E-state index contributed by atoms with van der Waals surface area (Å²) < 4.78 is 12.7. The first-order valence-corrected chi connectivity index (χ1v) is 13.1. The van der Waals surface area contributed by atoms with Crippen LogP contribution in [0.25, 0.3) is 16.6 Å². The van der Waals surface area contributed by atoms with E-state index in [1.165, 1.54) is 11.6 Å². The van der Waals surface area contributed by atoms with Gasteiger partial charge >= 0.3 is 5.97 Å². The van der Waals surface area contributed by atoms with Crippen molar-refractivity contribution in [2.75, 3.05) is 34.4 Å². The van der Waals surface area contributed by atoms with Crippen LogP contribution in [0.3, 0.4) is 0 Å². The van der Waals surface area contributed by atoms with E-state index in [4.69, 9.17) is 26.1 Å². The maximum absolute atomic E-state index is 12.2. The largest absolute Gasteiger partial charge is 0.491 e. The van der Waals surface area contributed by atoms with Gasteiger partial charge in [0.2, 0.25) is 0 Å². The monoisotopic (exact) mass is 547 g/mol. The molecule has 3 heterocycles. The van der Waals surface area contributed by atoms with Gasteiger partial charge in [0.05, 0.1) is 19.2 Å². The van der Waals surface area contributed by atoms with E-state index < -0.39 is 5.97 Å². The first-order valence-electron chi connectivity index (χ1n) is 12.8. The zero-order chi connectivity index (χ0) is 27.7. The molecule has 0 saturated heterocycles. The summed E-state index contributed by atoms with van der Waals surface area (Å²) in [7, 11) is 5.46. The summed E-state index contributed by atoms with van der Waals surface area (Å²) in [5, 5.41) is 4.87. The summed E-state index contributed by atoms with van der Waals surface area (Å²) in [5.74, 6) is 3.08. The minimum Gasteiger partial charge on any atom is -0.491 e. The number of nitrogens with zero attached hydrogens (tertiary/aromatic N) is 5. The normalized spacial score (nSPS) is 17.3. The van der Waals surface area contributed by atoms with Gasteiger partial charge in [-0.25, -0.2) is 19.1 Å². The predicted octanol–water partition coefficient (Wildman–Crippen LogP) is 4.64. The molecule has 1 atom stereocenters. The summed E-state index contributed by atoms with van der Waals surface area (Å²) in [4.78, 5) is 33.2. The molecule has 0 bridgehead atoms. The SMILES string of the molecule is COC(=O)c1ccc2c(-c3cc(Cl)ccc3OCCN3C(=C=O)C4=C(CCC(N(C)C)C4)N=C3C)ccnn12. The van der Waals surface area contributed by atoms with Crippen LogP contribution in [0.2, 0.25) is 5.02 Å². The van der Waals surface area contributed by atoms with Gasteiger partial charge in [-0.2, -0.15) is 5.10 Å². The Morgan fingerprint density at radius 2 is 2.03 bits per heavy atom. The van der Waals surface area contributed by atoms with Crippen LogP contribution < -0.4 is 4.74 Å². The Hall–Kier alpha value is -3.91. The van der Waals surface area contributed by atoms with Gasteiger partial charge in [-0.05, 0) is 76.7 Å². The molecule has 10 heteroatoms. The molecule has 0 N–H and O–H groups in total. The zero-order valence-electron chi connectivity index (χ0n) is 22.4. The van der Waals surface area contributed by atoms with Gasteiger partial charge in [0.15, 0.2) is 11.6 Å². The molecule has 2 aromatic heterocycles. The molecule has 2 aliphatic rings. The summed E-state index contributed by atoms with van der Waals surface area (Å²) in [5.41, 5.74) is 5.09. The van der Waals surface area contributed by atoms with Crippen molar-refractivity contribution < 1.29 is 19.1 Å². The van der Waals surface area contributed by atoms with Crippen LogP contribution in [0.15, 0.2) is 64.6 Å². The highest BCUT2D eigenvalue weighted by Gasteiger charge is 2.32. The number of esters is 1. The van der Waals surface area contributed by atoms with Crippen molar-refractivity contribution in [2.24, 2.45) is 4.99 Å². The van der Waals surface area contributed by atoms with Crippen LogP contribution in [0.4, 0.5) is 0 Å². The molecule has 1 aliphatic heterocycles. The maximum atomic E-state index is 12.2. The van der Waals surface area contributed by atoms with Crippen molar-refractivity contribution >= 4 is 34.9 Å². The highest BCUT2D eigenvalue weighted by molar-refractivity contribution is 6.31. The zero-order valence-corrected chi connectivity index (χ0v) is 23.2. The molecule has 0 spiro atoms. The van der Waals surface area contributed by atoms with E-state index in [9.17, 15) is 9.59 Å². The van der Waals surface area contributed by atoms with E-state index in [1.54, 1.807) is 18.3 Å². The van der Waals surface area contributed by atoms with E-state index in [0.29, 0.717) is 46.9 Å². The molecule has 1 unspecified atom stereocenters. The highest BCUT2D eigenvalue weighted by atomic mass is 35.5. The van der Waals surface area contributed by atoms with Crippen LogP contribution in [0.1, 0.15) is 36.7 Å². The van der Waals surface area contributed by atoms with Crippen molar-refractivity contribution in [3.63, 3.8) is 0 Å². The van der Waals surface area contributed by atoms with E-state index in [2.05, 4.69) is 30.0 Å². The Kier molecular flexibility index (Phi) is 7.57. The van der Waals surface area contributed by atoms with Crippen molar-refractivity contribution in [2.45, 2.75) is 32.2 Å². The van der Waals surface area contributed by atoms with E-state index >= 15 is 0 Å². The quantitative estimate of drug-likeness (QED) is 0.314. The fourth-order valence-electron chi connectivity index (χ4n) is 5.27. The topological polar surface area (TPSA) is 88.7 Å². The third-order valence-electron chi connectivity index (χ3n) is 7.33. The smallest absolute Gasteiger partial charge is 0.356 e. The van der Waals surface area contributed by atoms with Gasteiger partial charge in [0.25, 0.3) is 0 Å². The predicted molar refractivity (Wildman–Crippen MR) is 150 cm³/mol. The van der Waals surface area contributed by atoms with Crippen LogP contribution in [-0.2, 0) is 9.53 Å². The molecule has 1 aliphatic carbocycles. The van der Waals surface area contributed by atoms with Gasteiger partial charge < -0.3 is 19.3 Å². The lowest BCUT2D eigenvalue weighted by Gasteiger charge is -2.37. The molecule has 0 fully saturated rings. The van der Waals surface area contributed by atoms with Gasteiger partial charge in [-0.1, -0.05) is 11.6 Å². The lowest BCUT2D eigenvalue weighted by atomic mass is 9.88. The number of fused-ring (bicyclic) bond motifs is 1. The molecule has 0 saturated carbocycles. The van der Waals surface area contributed by atoms with Gasteiger partial charge in [-0.3, -0.25) is 0 Å². The number of benzene rings is 1. The van der Waals surface area contributed by atoms with E-state index in [1.807, 2.05) is 36.1 Å². The number of aliphatic imine (C=N–C) groups is 1. The van der Waals surface area contributed by atoms with Gasteiger partial charge in [-0.15, -0.1) is 0 Å². The number of halogens is 1. The second-order valence-corrected chi connectivity index (χ2v) is 10.2. The fourth-order valence-corrected chi connectivity index (χ4v) is 5.44. The van der Waals surface area contributed by atoms with Crippen molar-refractivity contribution in [3.05, 3.63) is 70.3 Å². The van der Waals surface area contributed by atoms with Gasteiger partial charge in [0.1, 0.15) is 23.9 Å². The number of hydrogen-bond donors (Lipinski definition) is 0. The third-order valence-corrected chi connectivity index (χ3v) is 7.56. The molecule has 0 radical (unpaired) electrons. The number of carbonyl (C=O) groups excluding carboxylic acids is 2. The van der Waals surface area contributed by atoms with Crippen molar-refractivity contribution in [3.8, 4) is 16.9 Å². The molecule has 9 nitrogen and oxygen atoms in total. The number of carbonyl (C=O) groups is 1. The molecule has 0 amide bonds. The number of amidine groups is 1. The second-order valence-electron chi connectivity index (χ2n) is 9.79.